The van der Waals surface area contributed by atoms with Crippen LogP contribution in [0.4, 0.5) is 0 Å². The van der Waals surface area contributed by atoms with Crippen LogP contribution in [0.2, 0.25) is 0 Å². The molecule has 0 spiro atoms. The Morgan fingerprint density at radius 2 is 1.88 bits per heavy atom. The molecule has 0 aliphatic carbocycles. The zero-order chi connectivity index (χ0) is 23.3. The number of nitriles is 3. The van der Waals surface area contributed by atoms with Crippen LogP contribution in [0.5, 0.6) is 0 Å². The fourth-order valence-corrected chi connectivity index (χ4v) is 4.11. The Morgan fingerprint density at radius 3 is 2.47 bits per heavy atom. The molecule has 1 aromatic carbocycles. The van der Waals surface area contributed by atoms with Gasteiger partial charge in [-0.1, -0.05) is 66.1 Å². The van der Waals surface area contributed by atoms with Gasteiger partial charge < -0.3 is 4.74 Å². The summed E-state index contributed by atoms with van der Waals surface area (Å²) in [7, 11) is 0. The molecule has 155 valence electrons. The van der Waals surface area contributed by atoms with Gasteiger partial charge in [0.2, 0.25) is 0 Å². The van der Waals surface area contributed by atoms with Crippen molar-refractivity contribution < 1.29 is 38.8 Å². The summed E-state index contributed by atoms with van der Waals surface area (Å²) >= 11 is 1.57. The Morgan fingerprint density at radius 1 is 1.19 bits per heavy atom. The molecule has 6 heteroatoms. The SMILES string of the molecule is [2H]c1ccc(/C=C/c2sc(/C=C/C3=C(C#N)C(=C(C#N)C#N)OC3(C)CC)[c-]c2C)cc1.[Y]. The molecule has 1 aliphatic rings. The van der Waals surface area contributed by atoms with Crippen molar-refractivity contribution in [1.82, 2.24) is 0 Å². The van der Waals surface area contributed by atoms with E-state index in [0.29, 0.717) is 18.0 Å². The van der Waals surface area contributed by atoms with E-state index in [1.165, 1.54) is 0 Å². The molecule has 0 amide bonds. The van der Waals surface area contributed by atoms with E-state index in [0.717, 1.165) is 20.9 Å². The Bertz CT molecular complexity index is 1280. The molecule has 2 aromatic rings. The summed E-state index contributed by atoms with van der Waals surface area (Å²) in [6, 6.07) is 16.9. The van der Waals surface area contributed by atoms with Gasteiger partial charge in [-0.15, -0.1) is 17.7 Å². The molecule has 0 saturated heterocycles. The largest absolute Gasteiger partial charge is 0.479 e. The number of hydrogen-bond donors (Lipinski definition) is 0. The minimum Gasteiger partial charge on any atom is -0.479 e. The van der Waals surface area contributed by atoms with E-state index in [1.54, 1.807) is 23.5 Å². The average Bonchev–Trinajstić information content (AvgIpc) is 3.29. The molecule has 0 bridgehead atoms. The molecule has 1 unspecified atom stereocenters. The van der Waals surface area contributed by atoms with Crippen LogP contribution in [0.25, 0.3) is 18.2 Å². The van der Waals surface area contributed by atoms with Gasteiger partial charge in [0.05, 0.1) is 1.37 Å². The van der Waals surface area contributed by atoms with Crippen LogP contribution >= 0.6 is 11.3 Å². The van der Waals surface area contributed by atoms with E-state index < -0.39 is 5.60 Å². The van der Waals surface area contributed by atoms with E-state index in [1.807, 2.05) is 69.3 Å². The predicted molar refractivity (Wildman–Crippen MR) is 123 cm³/mol. The predicted octanol–water partition coefficient (Wildman–Crippen LogP) is 6.36. The number of aryl methyl sites for hydroxylation is 1. The quantitative estimate of drug-likeness (QED) is 0.345. The summed E-state index contributed by atoms with van der Waals surface area (Å²) in [5.41, 5.74) is 1.89. The molecule has 3 rings (SSSR count). The van der Waals surface area contributed by atoms with Crippen molar-refractivity contribution in [3.63, 3.8) is 0 Å². The third-order valence-electron chi connectivity index (χ3n) is 5.10. The minimum atomic E-state index is -0.797. The molecule has 4 nitrogen and oxygen atoms in total. The monoisotopic (exact) mass is 512 g/mol. The average molecular weight is 512 g/mol. The van der Waals surface area contributed by atoms with Crippen LogP contribution in [-0.4, -0.2) is 5.60 Å². The number of rotatable bonds is 5. The van der Waals surface area contributed by atoms with E-state index in [4.69, 9.17) is 6.11 Å². The molecule has 1 aliphatic heterocycles. The van der Waals surface area contributed by atoms with Gasteiger partial charge in [0.1, 0.15) is 29.4 Å². The number of hydrogen-bond acceptors (Lipinski definition) is 5. The van der Waals surface area contributed by atoms with Crippen molar-refractivity contribution in [3.05, 3.63) is 85.8 Å². The van der Waals surface area contributed by atoms with Crippen molar-refractivity contribution in [3.8, 4) is 18.2 Å². The van der Waals surface area contributed by atoms with Gasteiger partial charge in [0.25, 0.3) is 0 Å². The number of ether oxygens (including phenoxy) is 1. The standard InChI is InChI=1S/C26H20N3OS.Y/c1-4-26(3)23(22(17-29)25(30-26)20(15-27)16-28)12-11-21-14-18(2)24(31-21)13-10-19-8-6-5-7-9-19;/h5-13H,4H2,1-3H3;/q-1;/b12-11+,13-10+;/i5D;. The number of thiophene rings is 1. The third kappa shape index (κ3) is 5.35. The van der Waals surface area contributed by atoms with Gasteiger partial charge in [0, 0.05) is 38.3 Å². The van der Waals surface area contributed by atoms with Crippen molar-refractivity contribution in [2.45, 2.75) is 32.8 Å². The number of nitrogens with zero attached hydrogens (tertiary/aromatic N) is 3. The second kappa shape index (κ2) is 11.2. The Labute approximate surface area is 219 Å². The molecule has 0 saturated carbocycles. The molecular weight excluding hydrogens is 491 g/mol. The molecule has 1 atom stereocenters. The summed E-state index contributed by atoms with van der Waals surface area (Å²) in [6.07, 6.45) is 8.30. The first-order chi connectivity index (χ1) is 15.3. The zero-order valence-electron chi connectivity index (χ0n) is 19.1. The van der Waals surface area contributed by atoms with Gasteiger partial charge in [-0.2, -0.15) is 21.9 Å². The molecule has 0 N–H and O–H groups in total. The van der Waals surface area contributed by atoms with Crippen LogP contribution in [-0.2, 0) is 37.4 Å². The molecule has 32 heavy (non-hydrogen) atoms. The Hall–Kier alpha value is -2.75. The van der Waals surface area contributed by atoms with Crippen molar-refractivity contribution >= 4 is 29.6 Å². The summed E-state index contributed by atoms with van der Waals surface area (Å²) in [5, 5.41) is 28.2. The third-order valence-corrected chi connectivity index (χ3v) is 6.22. The van der Waals surface area contributed by atoms with Gasteiger partial charge in [-0.05, 0) is 18.9 Å². The van der Waals surface area contributed by atoms with Crippen LogP contribution in [0.3, 0.4) is 0 Å². The summed E-state index contributed by atoms with van der Waals surface area (Å²) in [6.45, 7) is 5.77. The minimum absolute atomic E-state index is 0. The van der Waals surface area contributed by atoms with Crippen LogP contribution in [0, 0.1) is 47.0 Å². The summed E-state index contributed by atoms with van der Waals surface area (Å²) < 4.78 is 13.5. The molecule has 2 heterocycles. The first-order valence-corrected chi connectivity index (χ1v) is 10.5. The summed E-state index contributed by atoms with van der Waals surface area (Å²) in [5.74, 6) is 0.0511. The van der Waals surface area contributed by atoms with Gasteiger partial charge in [-0.3, -0.25) is 0 Å². The second-order valence-corrected chi connectivity index (χ2v) is 8.18. The number of allylic oxidation sites excluding steroid dienone is 2. The zero-order valence-corrected chi connectivity index (χ0v) is 21.7. The van der Waals surface area contributed by atoms with Crippen LogP contribution < -0.4 is 0 Å². The van der Waals surface area contributed by atoms with Crippen LogP contribution in [0.15, 0.2) is 58.9 Å². The first kappa shape index (κ1) is 23.9. The maximum Gasteiger partial charge on any atom is 0.172 e. The molecule has 1 aromatic heterocycles. The first-order valence-electron chi connectivity index (χ1n) is 10.2. The smallest absolute Gasteiger partial charge is 0.172 e. The van der Waals surface area contributed by atoms with E-state index in [-0.39, 0.29) is 49.6 Å². The Kier molecular flexibility index (Phi) is 8.38. The van der Waals surface area contributed by atoms with Crippen molar-refractivity contribution in [2.24, 2.45) is 0 Å². The molecular formula is C26H20N3OSY-. The van der Waals surface area contributed by atoms with Crippen molar-refractivity contribution in [1.29, 1.82) is 15.8 Å². The molecule has 0 fully saturated rings. The van der Waals surface area contributed by atoms with E-state index in [9.17, 15) is 15.8 Å². The summed E-state index contributed by atoms with van der Waals surface area (Å²) in [4.78, 5) is 1.96. The van der Waals surface area contributed by atoms with Gasteiger partial charge in [-0.25, -0.2) is 11.3 Å². The van der Waals surface area contributed by atoms with Crippen LogP contribution in [0.1, 0.15) is 42.5 Å². The van der Waals surface area contributed by atoms with E-state index in [2.05, 4.69) is 12.1 Å². The Balaban J connectivity index is 0.00000385. The number of benzene rings is 1. The van der Waals surface area contributed by atoms with Gasteiger partial charge >= 0.3 is 0 Å². The molecule has 1 radical (unpaired) electrons. The topological polar surface area (TPSA) is 80.6 Å². The maximum atomic E-state index is 9.71. The maximum absolute atomic E-state index is 9.71. The van der Waals surface area contributed by atoms with E-state index >= 15 is 0 Å². The normalized spacial score (nSPS) is 18.0. The fraction of sp³-hybridized carbons (Fsp3) is 0.192. The second-order valence-electron chi connectivity index (χ2n) is 7.10. The van der Waals surface area contributed by atoms with Gasteiger partial charge in [0.15, 0.2) is 11.3 Å². The fourth-order valence-electron chi connectivity index (χ4n) is 3.20. The van der Waals surface area contributed by atoms with Crippen molar-refractivity contribution in [2.75, 3.05) is 0 Å².